The quantitative estimate of drug-likeness (QED) is 0.318. The lowest BCUT2D eigenvalue weighted by Gasteiger charge is -2.29. The zero-order chi connectivity index (χ0) is 23.2. The fourth-order valence-corrected chi connectivity index (χ4v) is 4.85. The molecular formula is C29H20N4O2. The number of para-hydroxylation sites is 1. The van der Waals surface area contributed by atoms with Crippen molar-refractivity contribution >= 4 is 16.4 Å². The zero-order valence-corrected chi connectivity index (χ0v) is 18.7. The minimum absolute atomic E-state index is 0.107. The van der Waals surface area contributed by atoms with E-state index in [0.29, 0.717) is 17.4 Å². The molecule has 2 aromatic heterocycles. The van der Waals surface area contributed by atoms with Crippen LogP contribution >= 0.6 is 0 Å². The van der Waals surface area contributed by atoms with Gasteiger partial charge in [0, 0.05) is 11.5 Å². The highest BCUT2D eigenvalue weighted by atomic mass is 16.5. The second-order valence-corrected chi connectivity index (χ2v) is 8.51. The molecule has 0 amide bonds. The maximum Gasteiger partial charge on any atom is 0.228 e. The molecule has 1 aliphatic heterocycles. The second-order valence-electron chi connectivity index (χ2n) is 8.51. The van der Waals surface area contributed by atoms with Crippen molar-refractivity contribution in [3.05, 3.63) is 126 Å². The van der Waals surface area contributed by atoms with Crippen LogP contribution in [0.3, 0.4) is 0 Å². The SMILES string of the molecule is c1ccc(OCc2nc3c4c(ncn3n2)Oc2ccc3ccccc3c2[C@H]4c2ccccc2)cc1. The van der Waals surface area contributed by atoms with Gasteiger partial charge in [-0.15, -0.1) is 5.10 Å². The molecule has 35 heavy (non-hydrogen) atoms. The smallest absolute Gasteiger partial charge is 0.228 e. The van der Waals surface area contributed by atoms with Crippen LogP contribution in [0, 0.1) is 0 Å². The van der Waals surface area contributed by atoms with Gasteiger partial charge in [-0.3, -0.25) is 0 Å². The van der Waals surface area contributed by atoms with Gasteiger partial charge in [0.25, 0.3) is 0 Å². The minimum atomic E-state index is -0.107. The van der Waals surface area contributed by atoms with Gasteiger partial charge in [-0.05, 0) is 34.5 Å². The predicted molar refractivity (Wildman–Crippen MR) is 133 cm³/mol. The summed E-state index contributed by atoms with van der Waals surface area (Å²) in [6.07, 6.45) is 1.65. The highest BCUT2D eigenvalue weighted by Gasteiger charge is 2.34. The van der Waals surface area contributed by atoms with Gasteiger partial charge < -0.3 is 9.47 Å². The van der Waals surface area contributed by atoms with Gasteiger partial charge in [-0.2, -0.15) is 0 Å². The Hall–Kier alpha value is -4.71. The lowest BCUT2D eigenvalue weighted by Crippen LogP contribution is -2.15. The van der Waals surface area contributed by atoms with Gasteiger partial charge in [0.1, 0.15) is 24.4 Å². The van der Waals surface area contributed by atoms with Crippen LogP contribution in [0.1, 0.15) is 28.4 Å². The van der Waals surface area contributed by atoms with E-state index < -0.39 is 0 Å². The molecule has 0 radical (unpaired) electrons. The van der Waals surface area contributed by atoms with Crippen molar-refractivity contribution in [1.29, 1.82) is 0 Å². The van der Waals surface area contributed by atoms with Gasteiger partial charge in [0.2, 0.25) is 5.88 Å². The molecule has 0 spiro atoms. The molecule has 168 valence electrons. The molecule has 6 heteroatoms. The van der Waals surface area contributed by atoms with Crippen LogP contribution in [0.15, 0.2) is 103 Å². The number of nitrogens with zero attached hydrogens (tertiary/aromatic N) is 4. The van der Waals surface area contributed by atoms with E-state index >= 15 is 0 Å². The van der Waals surface area contributed by atoms with Crippen molar-refractivity contribution < 1.29 is 9.47 Å². The maximum absolute atomic E-state index is 6.36. The number of hydrogen-bond donors (Lipinski definition) is 0. The Morgan fingerprint density at radius 3 is 2.43 bits per heavy atom. The number of rotatable bonds is 4. The normalized spacial score (nSPS) is 14.3. The Balaban J connectivity index is 1.42. The predicted octanol–water partition coefficient (Wildman–Crippen LogP) is 6.14. The van der Waals surface area contributed by atoms with E-state index in [4.69, 9.17) is 14.5 Å². The third-order valence-corrected chi connectivity index (χ3v) is 6.39. The molecule has 0 bridgehead atoms. The van der Waals surface area contributed by atoms with Crippen molar-refractivity contribution in [1.82, 2.24) is 19.6 Å². The molecule has 6 nitrogen and oxygen atoms in total. The topological polar surface area (TPSA) is 61.5 Å². The highest BCUT2D eigenvalue weighted by Crippen LogP contribution is 2.50. The standard InChI is InChI=1S/C29H20N4O2/c1-3-10-20(11-4-1)25-26-22-14-8-7-9-19(22)15-16-23(26)35-29-27(25)28-31-24(32-33(28)18-30-29)17-34-21-12-5-2-6-13-21/h1-16,18,25H,17H2/t25-/m1/s1. The third-order valence-electron chi connectivity index (χ3n) is 6.39. The van der Waals surface area contributed by atoms with Gasteiger partial charge in [-0.25, -0.2) is 14.5 Å². The summed E-state index contributed by atoms with van der Waals surface area (Å²) in [4.78, 5) is 9.51. The third kappa shape index (κ3) is 3.30. The molecule has 0 unspecified atom stereocenters. The molecule has 4 aromatic carbocycles. The summed E-state index contributed by atoms with van der Waals surface area (Å²) < 4.78 is 14.0. The fraction of sp³-hybridized carbons (Fsp3) is 0.0690. The Morgan fingerprint density at radius 1 is 0.800 bits per heavy atom. The Bertz CT molecular complexity index is 1680. The van der Waals surface area contributed by atoms with Crippen LogP contribution in [0.25, 0.3) is 16.4 Å². The summed E-state index contributed by atoms with van der Waals surface area (Å²) in [6.45, 7) is 0.261. The van der Waals surface area contributed by atoms with Crippen LogP contribution < -0.4 is 9.47 Å². The van der Waals surface area contributed by atoms with E-state index in [1.54, 1.807) is 10.8 Å². The molecule has 7 rings (SSSR count). The summed E-state index contributed by atoms with van der Waals surface area (Å²) in [7, 11) is 0. The summed E-state index contributed by atoms with van der Waals surface area (Å²) in [5, 5.41) is 6.96. The highest BCUT2D eigenvalue weighted by molar-refractivity contribution is 5.90. The van der Waals surface area contributed by atoms with E-state index in [9.17, 15) is 0 Å². The number of ether oxygens (including phenoxy) is 2. The van der Waals surface area contributed by atoms with Crippen molar-refractivity contribution in [3.63, 3.8) is 0 Å². The largest absolute Gasteiger partial charge is 0.486 e. The van der Waals surface area contributed by atoms with Gasteiger partial charge in [-0.1, -0.05) is 78.9 Å². The summed E-state index contributed by atoms with van der Waals surface area (Å²) in [5.41, 5.74) is 3.88. The Morgan fingerprint density at radius 2 is 1.57 bits per heavy atom. The molecule has 1 aliphatic rings. The van der Waals surface area contributed by atoms with Crippen molar-refractivity contribution in [2.24, 2.45) is 0 Å². The molecule has 6 aromatic rings. The van der Waals surface area contributed by atoms with E-state index in [2.05, 4.69) is 64.7 Å². The first-order valence-corrected chi connectivity index (χ1v) is 11.5. The molecule has 3 heterocycles. The van der Waals surface area contributed by atoms with Gasteiger partial charge in [0.05, 0.1) is 5.56 Å². The van der Waals surface area contributed by atoms with E-state index in [1.807, 2.05) is 42.5 Å². The summed E-state index contributed by atoms with van der Waals surface area (Å²) >= 11 is 0. The first kappa shape index (κ1) is 19.7. The molecule has 1 atom stereocenters. The molecule has 0 saturated heterocycles. The first-order valence-electron chi connectivity index (χ1n) is 11.5. The number of aromatic nitrogens is 4. The molecule has 0 N–H and O–H groups in total. The molecule has 0 saturated carbocycles. The maximum atomic E-state index is 6.36. The van der Waals surface area contributed by atoms with Crippen LogP contribution in [-0.4, -0.2) is 19.6 Å². The summed E-state index contributed by atoms with van der Waals surface area (Å²) in [6, 6.07) is 32.6. The van der Waals surface area contributed by atoms with E-state index in [1.165, 1.54) is 0 Å². The number of benzene rings is 4. The lowest BCUT2D eigenvalue weighted by atomic mass is 9.81. The fourth-order valence-electron chi connectivity index (χ4n) is 4.85. The molecule has 0 aliphatic carbocycles. The van der Waals surface area contributed by atoms with Crippen LogP contribution in [-0.2, 0) is 6.61 Å². The average molecular weight is 457 g/mol. The van der Waals surface area contributed by atoms with Gasteiger partial charge >= 0.3 is 0 Å². The monoisotopic (exact) mass is 456 g/mol. The van der Waals surface area contributed by atoms with Crippen molar-refractivity contribution in [2.75, 3.05) is 0 Å². The first-order chi connectivity index (χ1) is 17.3. The second kappa shape index (κ2) is 7.95. The Labute approximate surface area is 201 Å². The lowest BCUT2D eigenvalue weighted by molar-refractivity contribution is 0.296. The average Bonchev–Trinajstić information content (AvgIpc) is 3.35. The van der Waals surface area contributed by atoms with Crippen LogP contribution in [0.4, 0.5) is 0 Å². The Kier molecular flexibility index (Phi) is 4.48. The van der Waals surface area contributed by atoms with Crippen molar-refractivity contribution in [3.8, 4) is 17.4 Å². The van der Waals surface area contributed by atoms with Gasteiger partial charge in [0.15, 0.2) is 11.5 Å². The van der Waals surface area contributed by atoms with E-state index in [-0.39, 0.29) is 12.5 Å². The summed E-state index contributed by atoms with van der Waals surface area (Å²) in [5.74, 6) is 2.62. The number of fused-ring (bicyclic) bond motifs is 6. The zero-order valence-electron chi connectivity index (χ0n) is 18.7. The van der Waals surface area contributed by atoms with Crippen molar-refractivity contribution in [2.45, 2.75) is 12.5 Å². The minimum Gasteiger partial charge on any atom is -0.486 e. The molecule has 0 fully saturated rings. The molecular weight excluding hydrogens is 436 g/mol. The van der Waals surface area contributed by atoms with E-state index in [0.717, 1.165) is 39.0 Å². The van der Waals surface area contributed by atoms with Crippen LogP contribution in [0.5, 0.6) is 17.4 Å². The number of hydrogen-bond acceptors (Lipinski definition) is 5. The van der Waals surface area contributed by atoms with Crippen LogP contribution in [0.2, 0.25) is 0 Å².